The lowest BCUT2D eigenvalue weighted by Crippen LogP contribution is -2.35. The molecule has 0 aromatic rings. The molecule has 0 bridgehead atoms. The molecule has 0 aliphatic carbocycles. The minimum Gasteiger partial charge on any atom is -0.444 e. The third kappa shape index (κ3) is 3.70. The Balaban J connectivity index is 2.47. The summed E-state index contributed by atoms with van der Waals surface area (Å²) in [7, 11) is 0. The second-order valence-corrected chi connectivity index (χ2v) is 5.09. The van der Waals surface area contributed by atoms with Crippen molar-refractivity contribution in [2.75, 3.05) is 13.1 Å². The number of amides is 1. The molecule has 1 heterocycles. The first-order valence-corrected chi connectivity index (χ1v) is 5.34. The highest BCUT2D eigenvalue weighted by Crippen LogP contribution is 2.21. The van der Waals surface area contributed by atoms with Gasteiger partial charge in [-0.15, -0.1) is 0 Å². The summed E-state index contributed by atoms with van der Waals surface area (Å²) in [5.41, 5.74) is -0.500. The van der Waals surface area contributed by atoms with Crippen molar-refractivity contribution in [3.63, 3.8) is 0 Å². The molecule has 1 atom stereocenters. The summed E-state index contributed by atoms with van der Waals surface area (Å²) in [5.74, 6) is -0.237. The van der Waals surface area contributed by atoms with Crippen LogP contribution >= 0.6 is 11.6 Å². The van der Waals surface area contributed by atoms with Crippen molar-refractivity contribution in [2.45, 2.75) is 32.8 Å². The van der Waals surface area contributed by atoms with E-state index in [1.807, 2.05) is 20.8 Å². The molecule has 1 saturated heterocycles. The van der Waals surface area contributed by atoms with Crippen LogP contribution < -0.4 is 0 Å². The molecule has 1 amide bonds. The lowest BCUT2D eigenvalue weighted by Gasteiger charge is -2.24. The summed E-state index contributed by atoms with van der Waals surface area (Å²) in [6.07, 6.45) is 0.254. The Morgan fingerprint density at radius 2 is 2.00 bits per heavy atom. The molecule has 15 heavy (non-hydrogen) atoms. The molecule has 0 aromatic heterocycles. The summed E-state index contributed by atoms with van der Waals surface area (Å²) < 4.78 is 5.18. The molecule has 1 rings (SSSR count). The molecule has 5 heteroatoms. The number of hydrogen-bond acceptors (Lipinski definition) is 3. The Morgan fingerprint density at radius 3 is 2.40 bits per heavy atom. The predicted octanol–water partition coefficient (Wildman–Crippen LogP) is 2.01. The van der Waals surface area contributed by atoms with Crippen LogP contribution in [0.2, 0.25) is 0 Å². The maximum absolute atomic E-state index is 11.6. The van der Waals surface area contributed by atoms with Gasteiger partial charge in [0.1, 0.15) is 5.60 Å². The highest BCUT2D eigenvalue weighted by Gasteiger charge is 2.32. The average Bonchev–Trinajstić information content (AvgIpc) is 2.47. The van der Waals surface area contributed by atoms with Gasteiger partial charge in [-0.2, -0.15) is 0 Å². The Morgan fingerprint density at radius 1 is 1.40 bits per heavy atom. The second-order valence-electron chi connectivity index (χ2n) is 4.72. The summed E-state index contributed by atoms with van der Waals surface area (Å²) in [5, 5.41) is -0.374. The standard InChI is InChI=1S/C10H16ClNO3/c1-10(2,3)15-9(14)12-5-4-7(6-12)8(11)13/h7H,4-6H2,1-3H3. The summed E-state index contributed by atoms with van der Waals surface area (Å²) in [6.45, 7) is 6.34. The van der Waals surface area contributed by atoms with E-state index in [4.69, 9.17) is 16.3 Å². The molecular weight excluding hydrogens is 218 g/mol. The molecule has 86 valence electrons. The lowest BCUT2D eigenvalue weighted by molar-refractivity contribution is -0.114. The number of carbonyl (C=O) groups excluding carboxylic acids is 2. The lowest BCUT2D eigenvalue weighted by atomic mass is 10.1. The quantitative estimate of drug-likeness (QED) is 0.651. The van der Waals surface area contributed by atoms with Gasteiger partial charge in [-0.1, -0.05) is 0 Å². The molecule has 4 nitrogen and oxygen atoms in total. The molecule has 0 N–H and O–H groups in total. The van der Waals surface area contributed by atoms with E-state index in [2.05, 4.69) is 0 Å². The van der Waals surface area contributed by atoms with Gasteiger partial charge in [0.25, 0.3) is 0 Å². The molecule has 0 spiro atoms. The predicted molar refractivity (Wildman–Crippen MR) is 56.8 cm³/mol. The summed E-state index contributed by atoms with van der Waals surface area (Å²) in [6, 6.07) is 0. The molecule has 0 radical (unpaired) electrons. The Labute approximate surface area is 94.5 Å². The molecular formula is C10H16ClNO3. The van der Waals surface area contributed by atoms with Gasteiger partial charge in [0.15, 0.2) is 0 Å². The Hall–Kier alpha value is -0.770. The number of nitrogens with zero attached hydrogens (tertiary/aromatic N) is 1. The third-order valence-electron chi connectivity index (χ3n) is 2.16. The molecule has 0 aromatic carbocycles. The maximum Gasteiger partial charge on any atom is 0.410 e. The molecule has 1 unspecified atom stereocenters. The average molecular weight is 234 g/mol. The minimum absolute atomic E-state index is 0.237. The van der Waals surface area contributed by atoms with Crippen LogP contribution in [-0.2, 0) is 9.53 Å². The highest BCUT2D eigenvalue weighted by atomic mass is 35.5. The fourth-order valence-corrected chi connectivity index (χ4v) is 1.62. The van der Waals surface area contributed by atoms with E-state index in [9.17, 15) is 9.59 Å². The van der Waals surface area contributed by atoms with Crippen LogP contribution in [-0.4, -0.2) is 34.9 Å². The van der Waals surface area contributed by atoms with E-state index < -0.39 is 5.60 Å². The number of rotatable bonds is 1. The van der Waals surface area contributed by atoms with Crippen molar-refractivity contribution < 1.29 is 14.3 Å². The van der Waals surface area contributed by atoms with Crippen molar-refractivity contribution in [2.24, 2.45) is 5.92 Å². The van der Waals surface area contributed by atoms with Crippen LogP contribution in [0, 0.1) is 5.92 Å². The first-order chi connectivity index (χ1) is 6.79. The van der Waals surface area contributed by atoms with Crippen LogP contribution in [0.3, 0.4) is 0 Å². The van der Waals surface area contributed by atoms with E-state index in [-0.39, 0.29) is 17.3 Å². The first kappa shape index (κ1) is 12.3. The molecule has 0 saturated carbocycles. The largest absolute Gasteiger partial charge is 0.444 e. The first-order valence-electron chi connectivity index (χ1n) is 4.97. The number of carbonyl (C=O) groups is 2. The van der Waals surface area contributed by atoms with Crippen LogP contribution in [0.1, 0.15) is 27.2 Å². The molecule has 1 fully saturated rings. The zero-order chi connectivity index (χ0) is 11.6. The Kier molecular flexibility index (Phi) is 3.60. The molecule has 1 aliphatic heterocycles. The summed E-state index contributed by atoms with van der Waals surface area (Å²) in [4.78, 5) is 24.0. The zero-order valence-electron chi connectivity index (χ0n) is 9.25. The van der Waals surface area contributed by atoms with E-state index >= 15 is 0 Å². The van der Waals surface area contributed by atoms with Gasteiger partial charge in [0, 0.05) is 13.1 Å². The number of halogens is 1. The smallest absolute Gasteiger partial charge is 0.410 e. The highest BCUT2D eigenvalue weighted by molar-refractivity contribution is 6.64. The number of ether oxygens (including phenoxy) is 1. The second kappa shape index (κ2) is 4.39. The monoisotopic (exact) mass is 233 g/mol. The summed E-state index contributed by atoms with van der Waals surface area (Å²) >= 11 is 5.37. The third-order valence-corrected chi connectivity index (χ3v) is 2.47. The van der Waals surface area contributed by atoms with Gasteiger partial charge >= 0.3 is 6.09 Å². The maximum atomic E-state index is 11.6. The topological polar surface area (TPSA) is 46.6 Å². The van der Waals surface area contributed by atoms with Crippen molar-refractivity contribution >= 4 is 22.9 Å². The number of likely N-dealkylation sites (tertiary alicyclic amines) is 1. The number of hydrogen-bond donors (Lipinski definition) is 0. The minimum atomic E-state index is -0.500. The Bertz CT molecular complexity index is 272. The van der Waals surface area contributed by atoms with Crippen molar-refractivity contribution in [3.8, 4) is 0 Å². The zero-order valence-corrected chi connectivity index (χ0v) is 10.0. The van der Waals surface area contributed by atoms with Crippen LogP contribution in [0.25, 0.3) is 0 Å². The van der Waals surface area contributed by atoms with E-state index in [0.717, 1.165) is 0 Å². The van der Waals surface area contributed by atoms with Gasteiger partial charge < -0.3 is 9.64 Å². The molecule has 1 aliphatic rings. The van der Waals surface area contributed by atoms with Crippen molar-refractivity contribution in [1.82, 2.24) is 4.90 Å². The van der Waals surface area contributed by atoms with Gasteiger partial charge in [-0.3, -0.25) is 4.79 Å². The van der Waals surface area contributed by atoms with Crippen molar-refractivity contribution in [3.05, 3.63) is 0 Å². The van der Waals surface area contributed by atoms with Crippen LogP contribution in [0.4, 0.5) is 4.79 Å². The fourth-order valence-electron chi connectivity index (χ4n) is 1.44. The SMILES string of the molecule is CC(C)(C)OC(=O)N1CCC(C(=O)Cl)C1. The van der Waals surface area contributed by atoms with Crippen LogP contribution in [0.5, 0.6) is 0 Å². The van der Waals surface area contributed by atoms with E-state index in [1.165, 1.54) is 4.90 Å². The van der Waals surface area contributed by atoms with Gasteiger partial charge in [0.05, 0.1) is 5.92 Å². The van der Waals surface area contributed by atoms with Crippen molar-refractivity contribution in [1.29, 1.82) is 0 Å². The van der Waals surface area contributed by atoms with E-state index in [0.29, 0.717) is 19.5 Å². The van der Waals surface area contributed by atoms with Crippen LogP contribution in [0.15, 0.2) is 0 Å². The van der Waals surface area contributed by atoms with Gasteiger partial charge in [-0.25, -0.2) is 4.79 Å². The van der Waals surface area contributed by atoms with E-state index in [1.54, 1.807) is 0 Å². The normalized spacial score (nSPS) is 21.6. The van der Waals surface area contributed by atoms with Gasteiger partial charge in [-0.05, 0) is 38.8 Å². The van der Waals surface area contributed by atoms with Gasteiger partial charge in [0.2, 0.25) is 5.24 Å². The fraction of sp³-hybridized carbons (Fsp3) is 0.800.